The minimum Gasteiger partial charge on any atom is -0.489 e. The van der Waals surface area contributed by atoms with Crippen molar-refractivity contribution in [3.8, 4) is 29.2 Å². The third kappa shape index (κ3) is 3.67. The molecule has 0 unspecified atom stereocenters. The summed E-state index contributed by atoms with van der Waals surface area (Å²) >= 11 is 0. The van der Waals surface area contributed by atoms with E-state index in [4.69, 9.17) is 11.2 Å². The molecular weight excluding hydrogens is 276 g/mol. The number of methoxy groups -OCH3 is 1. The highest BCUT2D eigenvalue weighted by atomic mass is 16.5. The second kappa shape index (κ2) is 6.82. The van der Waals surface area contributed by atoms with Gasteiger partial charge in [0.05, 0.1) is 18.8 Å². The van der Waals surface area contributed by atoms with Gasteiger partial charge in [0, 0.05) is 0 Å². The van der Waals surface area contributed by atoms with Crippen LogP contribution in [0.25, 0.3) is 11.1 Å². The number of hydrogen-bond donors (Lipinski definition) is 0. The van der Waals surface area contributed by atoms with Crippen molar-refractivity contribution in [2.45, 2.75) is 20.0 Å². The quantitative estimate of drug-likeness (QED) is 0.543. The Hall–Kier alpha value is -2.73. The summed E-state index contributed by atoms with van der Waals surface area (Å²) in [7, 11) is 1.32. The lowest BCUT2D eigenvalue weighted by Gasteiger charge is -2.14. The molecule has 0 amide bonds. The van der Waals surface area contributed by atoms with Gasteiger partial charge in [0.1, 0.15) is 11.3 Å². The van der Waals surface area contributed by atoms with E-state index in [-0.39, 0.29) is 6.10 Å². The Labute approximate surface area is 130 Å². The van der Waals surface area contributed by atoms with Crippen LogP contribution in [-0.4, -0.2) is 19.2 Å². The average Bonchev–Trinajstić information content (AvgIpc) is 3.12. The highest BCUT2D eigenvalue weighted by Gasteiger charge is 2.16. The summed E-state index contributed by atoms with van der Waals surface area (Å²) in [5.41, 5.74) is 3.76. The normalized spacial score (nSPS) is 10.1. The molecule has 0 aromatic heterocycles. The van der Waals surface area contributed by atoms with Gasteiger partial charge in [-0.2, -0.15) is 0 Å². The van der Waals surface area contributed by atoms with Crippen molar-refractivity contribution in [1.82, 2.24) is 0 Å². The zero-order valence-corrected chi connectivity index (χ0v) is 12.9. The predicted molar refractivity (Wildman–Crippen MR) is 86.9 cm³/mol. The molecule has 0 bridgehead atoms. The van der Waals surface area contributed by atoms with Gasteiger partial charge in [-0.25, -0.2) is 4.79 Å². The van der Waals surface area contributed by atoms with Gasteiger partial charge in [-0.05, 0) is 43.2 Å². The van der Waals surface area contributed by atoms with E-state index in [1.165, 1.54) is 18.2 Å². The maximum Gasteiger partial charge on any atom is 0.341 e. The van der Waals surface area contributed by atoms with Crippen LogP contribution in [0.4, 0.5) is 0 Å². The van der Waals surface area contributed by atoms with E-state index in [0.29, 0.717) is 16.9 Å². The number of ether oxygens (including phenoxy) is 2. The summed E-state index contributed by atoms with van der Waals surface area (Å²) < 4.78 is 10.2. The fourth-order valence-corrected chi connectivity index (χ4v) is 1.96. The van der Waals surface area contributed by atoms with Crippen molar-refractivity contribution in [2.75, 3.05) is 7.11 Å². The molecule has 0 heterocycles. The fourth-order valence-electron chi connectivity index (χ4n) is 1.96. The third-order valence-electron chi connectivity index (χ3n) is 3.04. The highest BCUT2D eigenvalue weighted by Crippen LogP contribution is 2.32. The second-order valence-electron chi connectivity index (χ2n) is 5.07. The van der Waals surface area contributed by atoms with Crippen molar-refractivity contribution in [3.63, 3.8) is 0 Å². The van der Waals surface area contributed by atoms with Crippen LogP contribution in [0.5, 0.6) is 5.75 Å². The van der Waals surface area contributed by atoms with Crippen molar-refractivity contribution >= 4 is 5.97 Å². The van der Waals surface area contributed by atoms with Crippen molar-refractivity contribution < 1.29 is 14.3 Å². The van der Waals surface area contributed by atoms with Crippen LogP contribution in [0, 0.1) is 12.3 Å². The topological polar surface area (TPSA) is 35.5 Å². The summed E-state index contributed by atoms with van der Waals surface area (Å²) in [4.78, 5) is 11.5. The number of hydrogen-bond acceptors (Lipinski definition) is 3. The Morgan fingerprint density at radius 2 is 1.77 bits per heavy atom. The molecule has 1 aromatic rings. The largest absolute Gasteiger partial charge is 0.489 e. The van der Waals surface area contributed by atoms with E-state index in [0.717, 1.165) is 0 Å². The molecule has 3 heteroatoms. The molecule has 0 saturated heterocycles. The van der Waals surface area contributed by atoms with Gasteiger partial charge in [-0.3, -0.25) is 0 Å². The van der Waals surface area contributed by atoms with Crippen LogP contribution < -0.4 is 4.74 Å². The number of rotatable bonds is 3. The number of para-hydroxylation sites is 1. The van der Waals surface area contributed by atoms with Crippen LogP contribution >= 0.6 is 0 Å². The molecule has 0 N–H and O–H groups in total. The Morgan fingerprint density at radius 3 is 2.18 bits per heavy atom. The van der Waals surface area contributed by atoms with E-state index in [9.17, 15) is 4.79 Å². The predicted octanol–water partition coefficient (Wildman–Crippen LogP) is 3.91. The molecule has 0 radical (unpaired) electrons. The molecule has 0 saturated carbocycles. The van der Waals surface area contributed by atoms with E-state index in [1.54, 1.807) is 18.2 Å². The molecule has 112 valence electrons. The van der Waals surface area contributed by atoms with Crippen molar-refractivity contribution in [2.24, 2.45) is 0 Å². The lowest BCUT2D eigenvalue weighted by Crippen LogP contribution is -2.12. The zero-order chi connectivity index (χ0) is 16.1. The highest BCUT2D eigenvalue weighted by molar-refractivity contribution is 5.93. The van der Waals surface area contributed by atoms with Crippen LogP contribution in [-0.2, 0) is 4.74 Å². The minimum atomic E-state index is -0.451. The summed E-state index contributed by atoms with van der Waals surface area (Å²) in [6, 6.07) is 13.5. The van der Waals surface area contributed by atoms with Gasteiger partial charge in [0.15, 0.2) is 0 Å². The Morgan fingerprint density at radius 1 is 1.14 bits per heavy atom. The SMILES string of the molecule is C#Cc1cccc(C(=O)OC)c1OC(C)C.c1cc2cc-2c1. The molecule has 2 aliphatic rings. The van der Waals surface area contributed by atoms with Gasteiger partial charge in [0.2, 0.25) is 0 Å². The van der Waals surface area contributed by atoms with Gasteiger partial charge < -0.3 is 9.47 Å². The summed E-state index contributed by atoms with van der Waals surface area (Å²) in [5, 5.41) is 0. The molecule has 0 atom stereocenters. The fraction of sp³-hybridized carbons (Fsp3) is 0.211. The first-order chi connectivity index (χ1) is 10.6. The number of carbonyl (C=O) groups excluding carboxylic acids is 1. The average molecular weight is 294 g/mol. The van der Waals surface area contributed by atoms with Crippen molar-refractivity contribution in [3.05, 3.63) is 53.6 Å². The maximum absolute atomic E-state index is 11.5. The first-order valence-electron chi connectivity index (χ1n) is 7.02. The van der Waals surface area contributed by atoms with Gasteiger partial charge >= 0.3 is 5.97 Å². The molecule has 1 aromatic carbocycles. The van der Waals surface area contributed by atoms with E-state index >= 15 is 0 Å². The Balaban J connectivity index is 0.000000238. The number of benzene rings is 2. The van der Waals surface area contributed by atoms with Crippen molar-refractivity contribution in [1.29, 1.82) is 0 Å². The summed E-state index contributed by atoms with van der Waals surface area (Å²) in [5.74, 6) is 2.45. The first kappa shape index (κ1) is 15.7. The van der Waals surface area contributed by atoms with Gasteiger partial charge in [0.25, 0.3) is 0 Å². The molecule has 0 spiro atoms. The molecule has 0 fully saturated rings. The Bertz CT molecular complexity index is 706. The molecular formula is C19H18O3. The molecule has 2 aliphatic carbocycles. The number of fused-ring (bicyclic) bond motifs is 1. The minimum absolute atomic E-state index is 0.0575. The van der Waals surface area contributed by atoms with Gasteiger partial charge in [-0.1, -0.05) is 30.2 Å². The summed E-state index contributed by atoms with van der Waals surface area (Å²) in [6.45, 7) is 3.74. The van der Waals surface area contributed by atoms with Gasteiger partial charge in [-0.15, -0.1) is 6.42 Å². The maximum atomic E-state index is 11.5. The van der Waals surface area contributed by atoms with E-state index in [2.05, 4.69) is 34.9 Å². The molecule has 22 heavy (non-hydrogen) atoms. The molecule has 3 rings (SSSR count). The van der Waals surface area contributed by atoms with Crippen LogP contribution in [0.1, 0.15) is 29.8 Å². The summed E-state index contributed by atoms with van der Waals surface area (Å²) in [6.07, 6.45) is 5.30. The monoisotopic (exact) mass is 294 g/mol. The zero-order valence-electron chi connectivity index (χ0n) is 12.9. The van der Waals surface area contributed by atoms with Crippen LogP contribution in [0.2, 0.25) is 0 Å². The number of terminal acetylenes is 1. The smallest absolute Gasteiger partial charge is 0.341 e. The number of carbonyl (C=O) groups is 1. The molecule has 3 nitrogen and oxygen atoms in total. The lowest BCUT2D eigenvalue weighted by molar-refractivity contribution is 0.0594. The van der Waals surface area contributed by atoms with Crippen LogP contribution in [0.15, 0.2) is 42.5 Å². The number of esters is 1. The molecule has 0 aliphatic heterocycles. The van der Waals surface area contributed by atoms with E-state index in [1.807, 2.05) is 13.8 Å². The van der Waals surface area contributed by atoms with E-state index < -0.39 is 5.97 Å². The second-order valence-corrected chi connectivity index (χ2v) is 5.07. The lowest BCUT2D eigenvalue weighted by atomic mass is 10.1. The first-order valence-corrected chi connectivity index (χ1v) is 7.02. The Kier molecular flexibility index (Phi) is 4.85. The standard InChI is InChI=1S/C13H14O3.C6H4/c1-5-10-7-6-8-11(13(14)15-4)12(10)16-9(2)3;1-2-5-4-6(5)3-1/h1,6-9H,2-4H3;1-4H. The van der Waals surface area contributed by atoms with Crippen LogP contribution in [0.3, 0.4) is 0 Å². The third-order valence-corrected chi connectivity index (χ3v) is 3.04.